The van der Waals surface area contributed by atoms with Crippen molar-refractivity contribution in [2.75, 3.05) is 13.2 Å². The molecule has 0 radical (unpaired) electrons. The predicted molar refractivity (Wildman–Crippen MR) is 100 cm³/mol. The van der Waals surface area contributed by atoms with Crippen LogP contribution in [0.1, 0.15) is 57.9 Å². The molecule has 0 amide bonds. The van der Waals surface area contributed by atoms with E-state index in [2.05, 4.69) is 55.6 Å². The molecule has 0 heterocycles. The first kappa shape index (κ1) is 17.8. The largest absolute Gasteiger partial charge is 0.493 e. The summed E-state index contributed by atoms with van der Waals surface area (Å²) in [4.78, 5) is 0. The minimum atomic E-state index is 0.821. The molecule has 2 rings (SSSR count). The summed E-state index contributed by atoms with van der Waals surface area (Å²) in [6, 6.07) is 12.9. The molecule has 0 saturated carbocycles. The Morgan fingerprint density at radius 3 is 2.39 bits per heavy atom. The van der Waals surface area contributed by atoms with Gasteiger partial charge in [-0.05, 0) is 36.4 Å². The fourth-order valence-electron chi connectivity index (χ4n) is 2.90. The summed E-state index contributed by atoms with van der Waals surface area (Å²) in [6.07, 6.45) is 7.53. The first-order chi connectivity index (χ1) is 11.4. The van der Waals surface area contributed by atoms with E-state index in [1.54, 1.807) is 0 Å². The van der Waals surface area contributed by atoms with Gasteiger partial charge in [0.05, 0.1) is 6.61 Å². The Hall–Kier alpha value is -1.54. The normalized spacial score (nSPS) is 11.0. The molecule has 0 bridgehead atoms. The standard InChI is InChI=1S/C21H31NO/c1-3-5-6-7-10-16-23-21-14-13-18(17-22-15-4-2)19-11-8-9-12-20(19)21/h8-9,11-14,22H,3-7,10,15-17H2,1-2H3. The third-order valence-corrected chi connectivity index (χ3v) is 4.22. The smallest absolute Gasteiger partial charge is 0.127 e. The van der Waals surface area contributed by atoms with Crippen LogP contribution < -0.4 is 10.1 Å². The van der Waals surface area contributed by atoms with E-state index in [9.17, 15) is 0 Å². The Labute approximate surface area is 141 Å². The molecule has 0 unspecified atom stereocenters. The van der Waals surface area contributed by atoms with Crippen molar-refractivity contribution in [1.82, 2.24) is 5.32 Å². The molecule has 23 heavy (non-hydrogen) atoms. The minimum Gasteiger partial charge on any atom is -0.493 e. The van der Waals surface area contributed by atoms with Crippen molar-refractivity contribution in [3.63, 3.8) is 0 Å². The molecule has 0 spiro atoms. The van der Waals surface area contributed by atoms with Crippen molar-refractivity contribution in [2.24, 2.45) is 0 Å². The topological polar surface area (TPSA) is 21.3 Å². The first-order valence-electron chi connectivity index (χ1n) is 9.21. The van der Waals surface area contributed by atoms with Crippen LogP contribution in [0, 0.1) is 0 Å². The van der Waals surface area contributed by atoms with Gasteiger partial charge in [-0.3, -0.25) is 0 Å². The number of ether oxygens (including phenoxy) is 1. The number of fused-ring (bicyclic) bond motifs is 1. The minimum absolute atomic E-state index is 0.821. The Morgan fingerprint density at radius 2 is 1.61 bits per heavy atom. The van der Waals surface area contributed by atoms with Gasteiger partial charge in [-0.15, -0.1) is 0 Å². The van der Waals surface area contributed by atoms with E-state index >= 15 is 0 Å². The Kier molecular flexibility index (Phi) is 7.96. The summed E-state index contributed by atoms with van der Waals surface area (Å²) in [5, 5.41) is 6.03. The van der Waals surface area contributed by atoms with E-state index in [0.29, 0.717) is 0 Å². The Morgan fingerprint density at radius 1 is 0.826 bits per heavy atom. The van der Waals surface area contributed by atoms with Crippen molar-refractivity contribution in [1.29, 1.82) is 0 Å². The molecule has 126 valence electrons. The Balaban J connectivity index is 1.99. The van der Waals surface area contributed by atoms with E-state index in [1.165, 1.54) is 42.0 Å². The van der Waals surface area contributed by atoms with Crippen molar-refractivity contribution in [3.05, 3.63) is 42.0 Å². The highest BCUT2D eigenvalue weighted by atomic mass is 16.5. The molecule has 0 fully saturated rings. The van der Waals surface area contributed by atoms with Crippen LogP contribution in [0.25, 0.3) is 10.8 Å². The summed E-state index contributed by atoms with van der Waals surface area (Å²) < 4.78 is 6.06. The molecule has 0 aliphatic rings. The van der Waals surface area contributed by atoms with Gasteiger partial charge in [0, 0.05) is 11.9 Å². The molecular weight excluding hydrogens is 282 g/mol. The van der Waals surface area contributed by atoms with Crippen molar-refractivity contribution < 1.29 is 4.74 Å². The number of rotatable bonds is 11. The lowest BCUT2D eigenvalue weighted by molar-refractivity contribution is 0.308. The van der Waals surface area contributed by atoms with Crippen molar-refractivity contribution >= 4 is 10.8 Å². The molecule has 0 aromatic heterocycles. The predicted octanol–water partition coefficient (Wildman–Crippen LogP) is 5.69. The van der Waals surface area contributed by atoms with E-state index in [1.807, 2.05) is 0 Å². The molecule has 2 nitrogen and oxygen atoms in total. The van der Waals surface area contributed by atoms with Crippen LogP contribution in [-0.2, 0) is 6.54 Å². The van der Waals surface area contributed by atoms with Crippen LogP contribution in [0.4, 0.5) is 0 Å². The lowest BCUT2D eigenvalue weighted by Crippen LogP contribution is -2.14. The molecule has 2 aromatic carbocycles. The second kappa shape index (κ2) is 10.3. The van der Waals surface area contributed by atoms with Crippen LogP contribution in [0.2, 0.25) is 0 Å². The lowest BCUT2D eigenvalue weighted by Gasteiger charge is -2.13. The van der Waals surface area contributed by atoms with Crippen LogP contribution in [-0.4, -0.2) is 13.2 Å². The van der Waals surface area contributed by atoms with Crippen LogP contribution in [0.3, 0.4) is 0 Å². The van der Waals surface area contributed by atoms with Crippen LogP contribution >= 0.6 is 0 Å². The summed E-state index contributed by atoms with van der Waals surface area (Å²) in [5.74, 6) is 1.02. The number of hydrogen-bond donors (Lipinski definition) is 1. The average Bonchev–Trinajstić information content (AvgIpc) is 2.59. The van der Waals surface area contributed by atoms with Gasteiger partial charge >= 0.3 is 0 Å². The van der Waals surface area contributed by atoms with E-state index in [0.717, 1.165) is 38.3 Å². The van der Waals surface area contributed by atoms with Crippen LogP contribution in [0.15, 0.2) is 36.4 Å². The Bertz CT molecular complexity index is 579. The fourth-order valence-corrected chi connectivity index (χ4v) is 2.90. The molecule has 2 aromatic rings. The van der Waals surface area contributed by atoms with E-state index in [-0.39, 0.29) is 0 Å². The molecule has 0 aliphatic carbocycles. The molecule has 0 aliphatic heterocycles. The summed E-state index contributed by atoms with van der Waals surface area (Å²) in [7, 11) is 0. The van der Waals surface area contributed by atoms with Gasteiger partial charge in [-0.1, -0.05) is 69.9 Å². The zero-order valence-electron chi connectivity index (χ0n) is 14.7. The summed E-state index contributed by atoms with van der Waals surface area (Å²) in [6.45, 7) is 7.25. The summed E-state index contributed by atoms with van der Waals surface area (Å²) >= 11 is 0. The summed E-state index contributed by atoms with van der Waals surface area (Å²) in [5.41, 5.74) is 1.35. The number of nitrogens with one attached hydrogen (secondary N) is 1. The average molecular weight is 313 g/mol. The molecule has 2 heteroatoms. The zero-order valence-corrected chi connectivity index (χ0v) is 14.7. The highest BCUT2D eigenvalue weighted by Crippen LogP contribution is 2.28. The molecule has 1 N–H and O–H groups in total. The van der Waals surface area contributed by atoms with Gasteiger partial charge in [-0.2, -0.15) is 0 Å². The molecule has 0 saturated heterocycles. The number of hydrogen-bond acceptors (Lipinski definition) is 2. The fraction of sp³-hybridized carbons (Fsp3) is 0.524. The maximum atomic E-state index is 6.06. The van der Waals surface area contributed by atoms with Crippen molar-refractivity contribution in [3.8, 4) is 5.75 Å². The van der Waals surface area contributed by atoms with Crippen LogP contribution in [0.5, 0.6) is 5.75 Å². The number of benzene rings is 2. The van der Waals surface area contributed by atoms with Gasteiger partial charge < -0.3 is 10.1 Å². The second-order valence-corrected chi connectivity index (χ2v) is 6.21. The molecular formula is C21H31NO. The maximum Gasteiger partial charge on any atom is 0.127 e. The van der Waals surface area contributed by atoms with E-state index in [4.69, 9.17) is 4.74 Å². The SMILES string of the molecule is CCCCCCCOc1ccc(CNCCC)c2ccccc12. The number of unbranched alkanes of at least 4 members (excludes halogenated alkanes) is 4. The van der Waals surface area contributed by atoms with E-state index < -0.39 is 0 Å². The third-order valence-electron chi connectivity index (χ3n) is 4.22. The highest BCUT2D eigenvalue weighted by molar-refractivity contribution is 5.91. The quantitative estimate of drug-likeness (QED) is 0.538. The third kappa shape index (κ3) is 5.54. The van der Waals surface area contributed by atoms with Gasteiger partial charge in [-0.25, -0.2) is 0 Å². The van der Waals surface area contributed by atoms with Gasteiger partial charge in [0.25, 0.3) is 0 Å². The molecule has 0 atom stereocenters. The van der Waals surface area contributed by atoms with Gasteiger partial charge in [0.15, 0.2) is 0 Å². The van der Waals surface area contributed by atoms with Crippen molar-refractivity contribution in [2.45, 2.75) is 58.9 Å². The first-order valence-corrected chi connectivity index (χ1v) is 9.21. The maximum absolute atomic E-state index is 6.06. The monoisotopic (exact) mass is 313 g/mol. The highest BCUT2D eigenvalue weighted by Gasteiger charge is 2.06. The lowest BCUT2D eigenvalue weighted by atomic mass is 10.0. The van der Waals surface area contributed by atoms with Gasteiger partial charge in [0.1, 0.15) is 5.75 Å². The zero-order chi connectivity index (χ0) is 16.3. The van der Waals surface area contributed by atoms with Gasteiger partial charge in [0.2, 0.25) is 0 Å². The second-order valence-electron chi connectivity index (χ2n) is 6.21.